The van der Waals surface area contributed by atoms with Gasteiger partial charge in [0.1, 0.15) is 16.8 Å². The number of nitrogens with one attached hydrogen (secondary N) is 1. The van der Waals surface area contributed by atoms with Gasteiger partial charge in [0, 0.05) is 25.9 Å². The maximum Gasteiger partial charge on any atom is 0.134 e. The van der Waals surface area contributed by atoms with Gasteiger partial charge in [0.15, 0.2) is 0 Å². The number of hydrogen-bond acceptors (Lipinski definition) is 4. The number of aryl methyl sites for hydroxylation is 2. The van der Waals surface area contributed by atoms with E-state index in [1.807, 2.05) is 26.4 Å². The number of rotatable bonds is 4. The van der Waals surface area contributed by atoms with E-state index in [0.29, 0.717) is 11.0 Å². The summed E-state index contributed by atoms with van der Waals surface area (Å²) >= 11 is 5.84. The maximum atomic E-state index is 5.84. The van der Waals surface area contributed by atoms with Crippen LogP contribution in [0, 0.1) is 6.92 Å². The molecule has 0 unspecified atom stereocenters. The molecule has 0 saturated heterocycles. The van der Waals surface area contributed by atoms with Crippen LogP contribution < -0.4 is 5.32 Å². The average molecular weight is 252 g/mol. The molecule has 90 valence electrons. The molecule has 2 aromatic heterocycles. The Morgan fingerprint density at radius 2 is 2.24 bits per heavy atom. The van der Waals surface area contributed by atoms with Crippen molar-refractivity contribution in [2.45, 2.75) is 13.3 Å². The van der Waals surface area contributed by atoms with Crippen molar-refractivity contribution < 1.29 is 0 Å². The highest BCUT2D eigenvalue weighted by Gasteiger charge is 2.00. The first-order chi connectivity index (χ1) is 8.13. The fourth-order valence-electron chi connectivity index (χ4n) is 1.56. The lowest BCUT2D eigenvalue weighted by molar-refractivity contribution is 0.767. The van der Waals surface area contributed by atoms with Gasteiger partial charge in [-0.1, -0.05) is 11.6 Å². The summed E-state index contributed by atoms with van der Waals surface area (Å²) in [6.45, 7) is 2.61. The zero-order valence-corrected chi connectivity index (χ0v) is 10.6. The minimum Gasteiger partial charge on any atom is -0.370 e. The molecule has 0 amide bonds. The largest absolute Gasteiger partial charge is 0.370 e. The Kier molecular flexibility index (Phi) is 3.58. The summed E-state index contributed by atoms with van der Waals surface area (Å²) in [5.74, 6) is 1.42. The standard InChI is InChI=1S/C11H14ClN5/c1-8-15-10(12)5-11(16-8)13-4-3-9-6-14-17(2)7-9/h5-7H,3-4H2,1-2H3,(H,13,15,16). The Balaban J connectivity index is 1.89. The Morgan fingerprint density at radius 1 is 1.41 bits per heavy atom. The van der Waals surface area contributed by atoms with Gasteiger partial charge in [-0.3, -0.25) is 4.68 Å². The SMILES string of the molecule is Cc1nc(Cl)cc(NCCc2cnn(C)c2)n1. The lowest BCUT2D eigenvalue weighted by Gasteiger charge is -2.05. The third-order valence-corrected chi connectivity index (χ3v) is 2.48. The van der Waals surface area contributed by atoms with Crippen molar-refractivity contribution in [3.8, 4) is 0 Å². The third kappa shape index (κ3) is 3.42. The molecule has 0 radical (unpaired) electrons. The van der Waals surface area contributed by atoms with E-state index in [9.17, 15) is 0 Å². The Hall–Kier alpha value is -1.62. The molecule has 0 aromatic carbocycles. The average Bonchev–Trinajstić information content (AvgIpc) is 2.63. The summed E-state index contributed by atoms with van der Waals surface area (Å²) in [6.07, 6.45) is 4.76. The van der Waals surface area contributed by atoms with E-state index >= 15 is 0 Å². The Morgan fingerprint density at radius 3 is 2.88 bits per heavy atom. The van der Waals surface area contributed by atoms with Crippen molar-refractivity contribution in [3.63, 3.8) is 0 Å². The molecule has 0 fully saturated rings. The predicted molar refractivity (Wildman–Crippen MR) is 67.2 cm³/mol. The van der Waals surface area contributed by atoms with Gasteiger partial charge < -0.3 is 5.32 Å². The molecule has 0 saturated carbocycles. The summed E-state index contributed by atoms with van der Waals surface area (Å²) in [5.41, 5.74) is 1.19. The Labute approximate surface area is 105 Å². The summed E-state index contributed by atoms with van der Waals surface area (Å²) in [5, 5.41) is 7.78. The van der Waals surface area contributed by atoms with Crippen LogP contribution in [0.5, 0.6) is 0 Å². The van der Waals surface area contributed by atoms with E-state index < -0.39 is 0 Å². The van der Waals surface area contributed by atoms with Gasteiger partial charge in [0.05, 0.1) is 6.20 Å². The first kappa shape index (κ1) is 11.9. The van der Waals surface area contributed by atoms with Crippen LogP contribution >= 0.6 is 11.6 Å². The summed E-state index contributed by atoms with van der Waals surface area (Å²) < 4.78 is 1.79. The number of nitrogens with zero attached hydrogens (tertiary/aromatic N) is 4. The molecule has 0 aliphatic rings. The van der Waals surface area contributed by atoms with E-state index in [1.165, 1.54) is 5.56 Å². The van der Waals surface area contributed by atoms with Crippen molar-refractivity contribution in [1.29, 1.82) is 0 Å². The molecule has 2 rings (SSSR count). The topological polar surface area (TPSA) is 55.6 Å². The van der Waals surface area contributed by atoms with Crippen molar-refractivity contribution in [2.75, 3.05) is 11.9 Å². The van der Waals surface area contributed by atoms with Crippen LogP contribution in [-0.4, -0.2) is 26.3 Å². The van der Waals surface area contributed by atoms with Crippen molar-refractivity contribution >= 4 is 17.4 Å². The molecule has 17 heavy (non-hydrogen) atoms. The molecule has 2 heterocycles. The molecule has 0 bridgehead atoms. The molecule has 0 aliphatic heterocycles. The highest BCUT2D eigenvalue weighted by atomic mass is 35.5. The van der Waals surface area contributed by atoms with Gasteiger partial charge in [-0.2, -0.15) is 5.10 Å². The van der Waals surface area contributed by atoms with Gasteiger partial charge in [-0.15, -0.1) is 0 Å². The monoisotopic (exact) mass is 251 g/mol. The van der Waals surface area contributed by atoms with Crippen LogP contribution in [0.2, 0.25) is 5.15 Å². The van der Waals surface area contributed by atoms with Crippen LogP contribution in [0.15, 0.2) is 18.5 Å². The summed E-state index contributed by atoms with van der Waals surface area (Å²) in [6, 6.07) is 1.72. The van der Waals surface area contributed by atoms with Crippen LogP contribution in [0.1, 0.15) is 11.4 Å². The molecule has 0 aliphatic carbocycles. The van der Waals surface area contributed by atoms with E-state index in [2.05, 4.69) is 20.4 Å². The summed E-state index contributed by atoms with van der Waals surface area (Å²) in [4.78, 5) is 8.25. The van der Waals surface area contributed by atoms with Crippen molar-refractivity contribution in [1.82, 2.24) is 19.7 Å². The second-order valence-corrected chi connectivity index (χ2v) is 4.21. The van der Waals surface area contributed by atoms with Crippen LogP contribution in [0.4, 0.5) is 5.82 Å². The lowest BCUT2D eigenvalue weighted by Crippen LogP contribution is -2.07. The normalized spacial score (nSPS) is 10.5. The Bertz CT molecular complexity index is 488. The maximum absolute atomic E-state index is 5.84. The van der Waals surface area contributed by atoms with E-state index in [4.69, 9.17) is 11.6 Å². The number of aromatic nitrogens is 4. The smallest absolute Gasteiger partial charge is 0.134 e. The molecule has 5 nitrogen and oxygen atoms in total. The van der Waals surface area contributed by atoms with Gasteiger partial charge in [0.2, 0.25) is 0 Å². The van der Waals surface area contributed by atoms with Gasteiger partial charge in [-0.25, -0.2) is 9.97 Å². The molecule has 0 atom stereocenters. The fourth-order valence-corrected chi connectivity index (χ4v) is 1.78. The van der Waals surface area contributed by atoms with Crippen LogP contribution in [0.3, 0.4) is 0 Å². The van der Waals surface area contributed by atoms with Crippen LogP contribution in [-0.2, 0) is 13.5 Å². The number of anilines is 1. The van der Waals surface area contributed by atoms with E-state index in [0.717, 1.165) is 18.8 Å². The second kappa shape index (κ2) is 5.14. The first-order valence-electron chi connectivity index (χ1n) is 5.36. The molecule has 1 N–H and O–H groups in total. The van der Waals surface area contributed by atoms with E-state index in [-0.39, 0.29) is 0 Å². The fraction of sp³-hybridized carbons (Fsp3) is 0.364. The quantitative estimate of drug-likeness (QED) is 0.843. The van der Waals surface area contributed by atoms with Crippen molar-refractivity contribution in [3.05, 3.63) is 35.0 Å². The van der Waals surface area contributed by atoms with Gasteiger partial charge in [0.25, 0.3) is 0 Å². The zero-order chi connectivity index (χ0) is 12.3. The number of halogens is 1. The van der Waals surface area contributed by atoms with Gasteiger partial charge in [-0.05, 0) is 18.9 Å². The summed E-state index contributed by atoms with van der Waals surface area (Å²) in [7, 11) is 1.91. The zero-order valence-electron chi connectivity index (χ0n) is 9.81. The highest BCUT2D eigenvalue weighted by molar-refractivity contribution is 6.29. The van der Waals surface area contributed by atoms with Crippen molar-refractivity contribution in [2.24, 2.45) is 7.05 Å². The van der Waals surface area contributed by atoms with Crippen LogP contribution in [0.25, 0.3) is 0 Å². The highest BCUT2D eigenvalue weighted by Crippen LogP contribution is 2.11. The molecule has 0 spiro atoms. The predicted octanol–water partition coefficient (Wildman–Crippen LogP) is 1.83. The molecule has 2 aromatic rings. The second-order valence-electron chi connectivity index (χ2n) is 3.82. The lowest BCUT2D eigenvalue weighted by atomic mass is 10.2. The third-order valence-electron chi connectivity index (χ3n) is 2.28. The first-order valence-corrected chi connectivity index (χ1v) is 5.74. The van der Waals surface area contributed by atoms with E-state index in [1.54, 1.807) is 10.7 Å². The molecule has 6 heteroatoms. The minimum atomic E-state index is 0.460. The number of hydrogen-bond donors (Lipinski definition) is 1. The van der Waals surface area contributed by atoms with Gasteiger partial charge >= 0.3 is 0 Å². The molecular weight excluding hydrogens is 238 g/mol. The molecular formula is C11H14ClN5. The minimum absolute atomic E-state index is 0.460.